The van der Waals surface area contributed by atoms with Gasteiger partial charge in [0, 0.05) is 38.1 Å². The Kier molecular flexibility index (Phi) is 10.3. The molecule has 0 radical (unpaired) electrons. The Hall–Kier alpha value is -3.83. The Bertz CT molecular complexity index is 1250. The molecule has 2 aliphatic heterocycles. The Morgan fingerprint density at radius 1 is 1.00 bits per heavy atom. The van der Waals surface area contributed by atoms with Crippen LogP contribution < -0.4 is 19.5 Å². The molecule has 2 aliphatic rings. The van der Waals surface area contributed by atoms with Gasteiger partial charge in [0.25, 0.3) is 5.91 Å². The summed E-state index contributed by atoms with van der Waals surface area (Å²) in [4.78, 5) is 31.2. The number of urea groups is 1. The molecule has 1 atom stereocenters. The lowest BCUT2D eigenvalue weighted by Gasteiger charge is -2.33. The highest BCUT2D eigenvalue weighted by molar-refractivity contribution is 6.03. The van der Waals surface area contributed by atoms with Crippen molar-refractivity contribution in [2.75, 3.05) is 67.3 Å². The van der Waals surface area contributed by atoms with Crippen LogP contribution in [0.1, 0.15) is 44.4 Å². The van der Waals surface area contributed by atoms with Gasteiger partial charge in [-0.05, 0) is 68.3 Å². The minimum absolute atomic E-state index is 0.116. The summed E-state index contributed by atoms with van der Waals surface area (Å²) in [5.74, 6) is 1.63. The summed E-state index contributed by atoms with van der Waals surface area (Å²) in [6.45, 7) is 9.62. The molecule has 42 heavy (non-hydrogen) atoms. The predicted molar refractivity (Wildman–Crippen MR) is 160 cm³/mol. The number of ether oxygens (including phenoxy) is 4. The first-order valence-corrected chi connectivity index (χ1v) is 14.2. The average Bonchev–Trinajstić information content (AvgIpc) is 3.44. The third-order valence-electron chi connectivity index (χ3n) is 7.27. The van der Waals surface area contributed by atoms with Gasteiger partial charge in [-0.1, -0.05) is 6.07 Å². The molecule has 228 valence electrons. The smallest absolute Gasteiger partial charge is 0.318 e. The number of benzene rings is 2. The largest absolute Gasteiger partial charge is 0.497 e. The summed E-state index contributed by atoms with van der Waals surface area (Å²) < 4.78 is 21.7. The molecule has 0 aliphatic carbocycles. The number of carbonyl (C=O) groups is 2. The lowest BCUT2D eigenvalue weighted by molar-refractivity contribution is -0.133. The van der Waals surface area contributed by atoms with E-state index >= 15 is 0 Å². The number of nitrogens with one attached hydrogen (secondary N) is 1. The molecule has 4 rings (SSSR count). The molecule has 0 saturated carbocycles. The number of amides is 3. The van der Waals surface area contributed by atoms with Gasteiger partial charge >= 0.3 is 6.03 Å². The lowest BCUT2D eigenvalue weighted by Crippen LogP contribution is -2.53. The number of hydrogen-bond donors (Lipinski definition) is 1. The summed E-state index contributed by atoms with van der Waals surface area (Å²) in [5.41, 5.74) is 2.07. The zero-order valence-electron chi connectivity index (χ0n) is 25.5. The maximum atomic E-state index is 14.0. The lowest BCUT2D eigenvalue weighted by atomic mass is 9.98. The molecular formula is C31H43N5O6. The molecule has 2 heterocycles. The standard InChI is InChI=1S/C31H43N5O6/c1-31(2,3)32-30(38)35(14-13-34-15-17-42-18-16-34)21-29(37)36-26(23-9-12-27(40-5)28(19-23)41-6)20-25(33-36)22-7-10-24(39-4)11-8-22/h7-12,19,26H,13-18,20-21H2,1-6H3,(H,32,38)/t26-/m1/s1. The number of hydrogen-bond acceptors (Lipinski definition) is 8. The molecule has 1 N–H and O–H groups in total. The van der Waals surface area contributed by atoms with E-state index in [0.29, 0.717) is 44.2 Å². The summed E-state index contributed by atoms with van der Waals surface area (Å²) in [6.07, 6.45) is 0.496. The minimum atomic E-state index is -0.452. The van der Waals surface area contributed by atoms with E-state index < -0.39 is 5.54 Å². The van der Waals surface area contributed by atoms with Crippen molar-refractivity contribution in [2.45, 2.75) is 38.8 Å². The van der Waals surface area contributed by atoms with Crippen LogP contribution in [0.2, 0.25) is 0 Å². The Morgan fingerprint density at radius 3 is 2.31 bits per heavy atom. The van der Waals surface area contributed by atoms with Crippen molar-refractivity contribution in [3.63, 3.8) is 0 Å². The van der Waals surface area contributed by atoms with Gasteiger partial charge in [0.05, 0.1) is 46.3 Å². The van der Waals surface area contributed by atoms with E-state index in [4.69, 9.17) is 24.0 Å². The summed E-state index contributed by atoms with van der Waals surface area (Å²) >= 11 is 0. The highest BCUT2D eigenvalue weighted by atomic mass is 16.5. The number of hydrazone groups is 1. The fraction of sp³-hybridized carbons (Fsp3) is 0.516. The van der Waals surface area contributed by atoms with Crippen LogP contribution in [0, 0.1) is 0 Å². The molecule has 2 aromatic carbocycles. The number of rotatable bonds is 10. The normalized spacial score (nSPS) is 17.4. The second kappa shape index (κ2) is 13.9. The average molecular weight is 582 g/mol. The Labute approximate surface area is 248 Å². The molecular weight excluding hydrogens is 538 g/mol. The second-order valence-electron chi connectivity index (χ2n) is 11.4. The number of carbonyl (C=O) groups excluding carboxylic acids is 2. The molecule has 2 aromatic rings. The molecule has 11 nitrogen and oxygen atoms in total. The molecule has 1 saturated heterocycles. The Balaban J connectivity index is 1.62. The second-order valence-corrected chi connectivity index (χ2v) is 11.4. The van der Waals surface area contributed by atoms with E-state index in [9.17, 15) is 9.59 Å². The maximum absolute atomic E-state index is 14.0. The summed E-state index contributed by atoms with van der Waals surface area (Å²) in [7, 11) is 4.79. The van der Waals surface area contributed by atoms with E-state index in [0.717, 1.165) is 35.7 Å². The van der Waals surface area contributed by atoms with E-state index in [2.05, 4.69) is 10.2 Å². The first kappa shape index (κ1) is 31.1. The predicted octanol–water partition coefficient (Wildman–Crippen LogP) is 3.53. The van der Waals surface area contributed by atoms with Crippen LogP contribution in [-0.2, 0) is 9.53 Å². The number of methoxy groups -OCH3 is 3. The van der Waals surface area contributed by atoms with Gasteiger partial charge < -0.3 is 29.2 Å². The Morgan fingerprint density at radius 2 is 1.69 bits per heavy atom. The monoisotopic (exact) mass is 581 g/mol. The summed E-state index contributed by atoms with van der Waals surface area (Å²) in [6, 6.07) is 12.6. The van der Waals surface area contributed by atoms with Crippen LogP contribution in [0.5, 0.6) is 17.2 Å². The van der Waals surface area contributed by atoms with E-state index in [-0.39, 0.29) is 24.5 Å². The van der Waals surface area contributed by atoms with Crippen LogP contribution in [0.4, 0.5) is 4.79 Å². The number of nitrogens with zero attached hydrogens (tertiary/aromatic N) is 4. The molecule has 1 fully saturated rings. The van der Waals surface area contributed by atoms with Crippen molar-refractivity contribution in [3.05, 3.63) is 53.6 Å². The molecule has 0 bridgehead atoms. The third kappa shape index (κ3) is 7.92. The van der Waals surface area contributed by atoms with Crippen LogP contribution in [0.15, 0.2) is 47.6 Å². The summed E-state index contributed by atoms with van der Waals surface area (Å²) in [5, 5.41) is 9.33. The molecule has 0 unspecified atom stereocenters. The van der Waals surface area contributed by atoms with Crippen LogP contribution >= 0.6 is 0 Å². The van der Waals surface area contributed by atoms with E-state index in [1.165, 1.54) is 5.01 Å². The van der Waals surface area contributed by atoms with E-state index in [1.807, 2.05) is 63.2 Å². The van der Waals surface area contributed by atoms with Gasteiger partial charge in [-0.25, -0.2) is 9.80 Å². The molecule has 0 aromatic heterocycles. The van der Waals surface area contributed by atoms with Crippen molar-refractivity contribution < 1.29 is 28.5 Å². The van der Waals surface area contributed by atoms with Gasteiger partial charge in [-0.3, -0.25) is 9.69 Å². The van der Waals surface area contributed by atoms with Crippen molar-refractivity contribution in [1.82, 2.24) is 20.1 Å². The molecule has 11 heteroatoms. The third-order valence-corrected chi connectivity index (χ3v) is 7.27. The zero-order valence-corrected chi connectivity index (χ0v) is 25.5. The van der Waals surface area contributed by atoms with Gasteiger partial charge in [-0.2, -0.15) is 5.10 Å². The van der Waals surface area contributed by atoms with Gasteiger partial charge in [0.1, 0.15) is 12.3 Å². The first-order valence-electron chi connectivity index (χ1n) is 14.2. The zero-order chi connectivity index (χ0) is 30.3. The van der Waals surface area contributed by atoms with Crippen LogP contribution in [0.25, 0.3) is 0 Å². The SMILES string of the molecule is COc1ccc(C2=NN(C(=O)CN(CCN3CCOCC3)C(=O)NC(C)(C)C)[C@@H](c3ccc(OC)c(OC)c3)C2)cc1. The van der Waals surface area contributed by atoms with Gasteiger partial charge in [-0.15, -0.1) is 0 Å². The number of morpholine rings is 1. The molecule has 0 spiro atoms. The van der Waals surface area contributed by atoms with Gasteiger partial charge in [0.2, 0.25) is 0 Å². The first-order chi connectivity index (χ1) is 20.1. The van der Waals surface area contributed by atoms with Crippen LogP contribution in [-0.4, -0.2) is 105 Å². The fourth-order valence-electron chi connectivity index (χ4n) is 4.99. The topological polar surface area (TPSA) is 105 Å². The molecule has 3 amide bonds. The van der Waals surface area contributed by atoms with Crippen molar-refractivity contribution in [1.29, 1.82) is 0 Å². The highest BCUT2D eigenvalue weighted by Gasteiger charge is 2.35. The quantitative estimate of drug-likeness (QED) is 0.458. The van der Waals surface area contributed by atoms with Crippen molar-refractivity contribution in [3.8, 4) is 17.2 Å². The minimum Gasteiger partial charge on any atom is -0.497 e. The maximum Gasteiger partial charge on any atom is 0.318 e. The van der Waals surface area contributed by atoms with Crippen LogP contribution in [0.3, 0.4) is 0 Å². The van der Waals surface area contributed by atoms with E-state index in [1.54, 1.807) is 26.2 Å². The van der Waals surface area contributed by atoms with Crippen molar-refractivity contribution >= 4 is 17.6 Å². The van der Waals surface area contributed by atoms with Gasteiger partial charge in [0.15, 0.2) is 11.5 Å². The fourth-order valence-corrected chi connectivity index (χ4v) is 4.99. The highest BCUT2D eigenvalue weighted by Crippen LogP contribution is 2.37. The van der Waals surface area contributed by atoms with Crippen molar-refractivity contribution in [2.24, 2.45) is 5.10 Å².